The summed E-state index contributed by atoms with van der Waals surface area (Å²) in [5.74, 6) is 0.243. The quantitative estimate of drug-likeness (QED) is 0.579. The molecule has 2 rings (SSSR count). The van der Waals surface area contributed by atoms with E-state index in [1.165, 1.54) is 28.6 Å². The third-order valence-electron chi connectivity index (χ3n) is 4.56. The number of hydrogen-bond acceptors (Lipinski definition) is 6. The van der Waals surface area contributed by atoms with Crippen LogP contribution in [-0.2, 0) is 14.8 Å². The summed E-state index contributed by atoms with van der Waals surface area (Å²) >= 11 is 0. The molecule has 8 nitrogen and oxygen atoms in total. The molecule has 0 aliphatic rings. The molecule has 2 aromatic carbocycles. The molecule has 1 N–H and O–H groups in total. The van der Waals surface area contributed by atoms with E-state index >= 15 is 0 Å². The van der Waals surface area contributed by atoms with Gasteiger partial charge in [-0.3, -0.25) is 4.79 Å². The predicted molar refractivity (Wildman–Crippen MR) is 122 cm³/mol. The van der Waals surface area contributed by atoms with Crippen LogP contribution < -0.4 is 14.8 Å². The van der Waals surface area contributed by atoms with Crippen LogP contribution in [0.2, 0.25) is 0 Å². The van der Waals surface area contributed by atoms with Gasteiger partial charge in [-0.1, -0.05) is 19.9 Å². The minimum atomic E-state index is -3.72. The molecule has 0 heterocycles. The van der Waals surface area contributed by atoms with Crippen molar-refractivity contribution in [2.45, 2.75) is 51.7 Å². The van der Waals surface area contributed by atoms with Crippen molar-refractivity contribution in [2.24, 2.45) is 0 Å². The third kappa shape index (κ3) is 6.22. The first kappa shape index (κ1) is 25.2. The monoisotopic (exact) mass is 459 g/mol. The SMILES string of the molecule is CCN(CC)S(=O)(=O)c1ccc(OC(C)C)c(NC(=O)C(C)Oc2cccc(C#N)c2)c1. The predicted octanol–water partition coefficient (Wildman–Crippen LogP) is 3.78. The van der Waals surface area contributed by atoms with Gasteiger partial charge in [-0.15, -0.1) is 0 Å². The van der Waals surface area contributed by atoms with Crippen LogP contribution in [0.5, 0.6) is 11.5 Å². The van der Waals surface area contributed by atoms with Crippen molar-refractivity contribution < 1.29 is 22.7 Å². The minimum absolute atomic E-state index is 0.0582. The first-order valence-corrected chi connectivity index (χ1v) is 11.8. The van der Waals surface area contributed by atoms with E-state index in [9.17, 15) is 13.2 Å². The summed E-state index contributed by atoms with van der Waals surface area (Å²) in [6, 6.07) is 12.9. The molecule has 1 atom stereocenters. The van der Waals surface area contributed by atoms with Crippen LogP contribution in [0.25, 0.3) is 0 Å². The summed E-state index contributed by atoms with van der Waals surface area (Å²) in [5.41, 5.74) is 0.648. The van der Waals surface area contributed by atoms with Gasteiger partial charge >= 0.3 is 0 Å². The molecule has 2 aromatic rings. The highest BCUT2D eigenvalue weighted by molar-refractivity contribution is 7.89. The number of nitriles is 1. The third-order valence-corrected chi connectivity index (χ3v) is 6.61. The van der Waals surface area contributed by atoms with Gasteiger partial charge in [0.25, 0.3) is 5.91 Å². The molecule has 0 aromatic heterocycles. The Morgan fingerprint density at radius 2 is 1.78 bits per heavy atom. The molecule has 0 fully saturated rings. The molecular weight excluding hydrogens is 430 g/mol. The summed E-state index contributed by atoms with van der Waals surface area (Å²) in [4.78, 5) is 12.9. The maximum Gasteiger partial charge on any atom is 0.265 e. The molecule has 0 saturated carbocycles. The van der Waals surface area contributed by atoms with E-state index in [2.05, 4.69) is 5.32 Å². The maximum absolute atomic E-state index is 12.9. The Balaban J connectivity index is 2.32. The lowest BCUT2D eigenvalue weighted by atomic mass is 10.2. The van der Waals surface area contributed by atoms with Gasteiger partial charge < -0.3 is 14.8 Å². The van der Waals surface area contributed by atoms with Crippen LogP contribution in [0.15, 0.2) is 47.4 Å². The van der Waals surface area contributed by atoms with Crippen molar-refractivity contribution in [1.29, 1.82) is 5.26 Å². The Morgan fingerprint density at radius 1 is 1.09 bits per heavy atom. The highest BCUT2D eigenvalue weighted by Gasteiger charge is 2.24. The van der Waals surface area contributed by atoms with E-state index < -0.39 is 22.0 Å². The van der Waals surface area contributed by atoms with Crippen molar-refractivity contribution in [3.05, 3.63) is 48.0 Å². The smallest absolute Gasteiger partial charge is 0.265 e. The van der Waals surface area contributed by atoms with Gasteiger partial charge in [0.05, 0.1) is 28.3 Å². The lowest BCUT2D eigenvalue weighted by molar-refractivity contribution is -0.122. The fourth-order valence-corrected chi connectivity index (χ4v) is 4.45. The number of carbonyl (C=O) groups excluding carboxylic acids is 1. The van der Waals surface area contributed by atoms with Crippen molar-refractivity contribution in [1.82, 2.24) is 4.31 Å². The summed E-state index contributed by atoms with van der Waals surface area (Å²) in [6.07, 6.45) is -1.09. The number of nitrogens with one attached hydrogen (secondary N) is 1. The minimum Gasteiger partial charge on any atom is -0.489 e. The molecule has 32 heavy (non-hydrogen) atoms. The zero-order valence-electron chi connectivity index (χ0n) is 19.0. The van der Waals surface area contributed by atoms with E-state index in [1.54, 1.807) is 39.0 Å². The topological polar surface area (TPSA) is 109 Å². The van der Waals surface area contributed by atoms with Gasteiger partial charge in [0.2, 0.25) is 10.0 Å². The normalized spacial score (nSPS) is 12.3. The number of sulfonamides is 1. The fourth-order valence-electron chi connectivity index (χ4n) is 2.97. The fraction of sp³-hybridized carbons (Fsp3) is 0.391. The van der Waals surface area contributed by atoms with Crippen LogP contribution in [0.3, 0.4) is 0 Å². The van der Waals surface area contributed by atoms with E-state index in [0.717, 1.165) is 0 Å². The second-order valence-electron chi connectivity index (χ2n) is 7.30. The summed E-state index contributed by atoms with van der Waals surface area (Å²) in [5, 5.41) is 11.7. The molecule has 1 unspecified atom stereocenters. The lowest BCUT2D eigenvalue weighted by Gasteiger charge is -2.21. The number of anilines is 1. The Labute approximate surface area is 189 Å². The zero-order chi connectivity index (χ0) is 23.9. The van der Waals surface area contributed by atoms with Crippen LogP contribution in [0.1, 0.15) is 40.2 Å². The number of benzene rings is 2. The molecule has 0 aliphatic heterocycles. The summed E-state index contributed by atoms with van der Waals surface area (Å²) < 4.78 is 38.6. The van der Waals surface area contributed by atoms with Crippen molar-refractivity contribution >= 4 is 21.6 Å². The molecule has 0 aliphatic carbocycles. The number of nitrogens with zero attached hydrogens (tertiary/aromatic N) is 2. The molecule has 0 bridgehead atoms. The molecule has 0 saturated heterocycles. The Morgan fingerprint density at radius 3 is 2.38 bits per heavy atom. The Bertz CT molecular complexity index is 1090. The van der Waals surface area contributed by atoms with Crippen molar-refractivity contribution in [3.8, 4) is 17.6 Å². The second-order valence-corrected chi connectivity index (χ2v) is 9.24. The molecule has 0 radical (unpaired) electrons. The zero-order valence-corrected chi connectivity index (χ0v) is 19.8. The largest absolute Gasteiger partial charge is 0.489 e. The van der Waals surface area contributed by atoms with E-state index in [4.69, 9.17) is 14.7 Å². The highest BCUT2D eigenvalue weighted by Crippen LogP contribution is 2.30. The number of ether oxygens (including phenoxy) is 2. The standard InChI is InChI=1S/C23H29N3O5S/c1-6-26(7-2)32(28,29)20-11-12-22(30-16(3)4)21(14-20)25-23(27)17(5)31-19-10-8-9-18(13-19)15-24/h8-14,16-17H,6-7H2,1-5H3,(H,25,27). The van der Waals surface area contributed by atoms with Crippen LogP contribution in [-0.4, -0.2) is 43.9 Å². The Hall–Kier alpha value is -3.09. The average Bonchev–Trinajstić information content (AvgIpc) is 2.75. The first-order valence-electron chi connectivity index (χ1n) is 10.4. The highest BCUT2D eigenvalue weighted by atomic mass is 32.2. The van der Waals surface area contributed by atoms with Gasteiger partial charge in [-0.25, -0.2) is 8.42 Å². The molecule has 1 amide bonds. The van der Waals surface area contributed by atoms with Gasteiger partial charge in [-0.2, -0.15) is 9.57 Å². The first-order chi connectivity index (χ1) is 15.1. The van der Waals surface area contributed by atoms with Crippen molar-refractivity contribution in [2.75, 3.05) is 18.4 Å². The Kier molecular flexibility index (Phi) is 8.63. The molecule has 9 heteroatoms. The van der Waals surface area contributed by atoms with Crippen LogP contribution in [0.4, 0.5) is 5.69 Å². The van der Waals surface area contributed by atoms with Gasteiger partial charge in [0.15, 0.2) is 6.10 Å². The number of rotatable bonds is 10. The molecular formula is C23H29N3O5S. The average molecular weight is 460 g/mol. The van der Waals surface area contributed by atoms with E-state index in [1.807, 2.05) is 19.9 Å². The lowest BCUT2D eigenvalue weighted by Crippen LogP contribution is -2.32. The summed E-state index contributed by atoms with van der Waals surface area (Å²) in [6.45, 7) is 9.42. The van der Waals surface area contributed by atoms with Crippen LogP contribution >= 0.6 is 0 Å². The van der Waals surface area contributed by atoms with E-state index in [-0.39, 0.29) is 16.7 Å². The second kappa shape index (κ2) is 11.0. The van der Waals surface area contributed by atoms with Gasteiger partial charge in [-0.05, 0) is 57.2 Å². The van der Waals surface area contributed by atoms with Crippen molar-refractivity contribution in [3.63, 3.8) is 0 Å². The van der Waals surface area contributed by atoms with Gasteiger partial charge in [0.1, 0.15) is 11.5 Å². The van der Waals surface area contributed by atoms with Crippen LogP contribution in [0, 0.1) is 11.3 Å². The summed E-state index contributed by atoms with van der Waals surface area (Å²) in [7, 11) is -3.72. The molecule has 172 valence electrons. The number of hydrogen-bond donors (Lipinski definition) is 1. The number of amides is 1. The molecule has 0 spiro atoms. The van der Waals surface area contributed by atoms with E-state index in [0.29, 0.717) is 30.2 Å². The maximum atomic E-state index is 12.9. The van der Waals surface area contributed by atoms with Gasteiger partial charge in [0, 0.05) is 13.1 Å². The number of carbonyl (C=O) groups is 1.